The summed E-state index contributed by atoms with van der Waals surface area (Å²) in [5, 5.41) is 1.36. The molecule has 0 saturated heterocycles. The van der Waals surface area contributed by atoms with Gasteiger partial charge in [0.25, 0.3) is 5.78 Å². The summed E-state index contributed by atoms with van der Waals surface area (Å²) >= 11 is 11.1. The van der Waals surface area contributed by atoms with Gasteiger partial charge in [0.15, 0.2) is 5.78 Å². The van der Waals surface area contributed by atoms with Crippen molar-refractivity contribution in [2.75, 3.05) is 0 Å². The van der Waals surface area contributed by atoms with Gasteiger partial charge in [-0.05, 0) is 18.2 Å². The molecule has 0 radical (unpaired) electrons. The fraction of sp³-hybridized carbons (Fsp3) is 0.231. The molecule has 20 heavy (non-hydrogen) atoms. The first kappa shape index (κ1) is 18.7. The second-order valence-electron chi connectivity index (χ2n) is 3.52. The minimum Gasteiger partial charge on any atom is -0.294 e. The van der Waals surface area contributed by atoms with Crippen molar-refractivity contribution >= 4 is 34.8 Å². The molecule has 0 saturated carbocycles. The third-order valence-corrected chi connectivity index (χ3v) is 2.45. The molecule has 1 aromatic rings. The van der Waals surface area contributed by atoms with Crippen LogP contribution in [0.3, 0.4) is 0 Å². The van der Waals surface area contributed by atoms with Gasteiger partial charge in [-0.25, -0.2) is 0 Å². The minimum atomic E-state index is -5.00. The van der Waals surface area contributed by atoms with E-state index in [2.05, 4.69) is 6.58 Å². The van der Waals surface area contributed by atoms with Gasteiger partial charge in [0.2, 0.25) is 0 Å². The standard InChI is InChI=1S/C7H7F3O2.C6H4Cl2/c1-3-5(11)4(2)6(12)7(8,9)10;7-5-2-1-3-6(8)4-5/h2-3H2,1H3;1-4H. The lowest BCUT2D eigenvalue weighted by Crippen LogP contribution is -2.27. The monoisotopic (exact) mass is 326 g/mol. The second-order valence-corrected chi connectivity index (χ2v) is 4.39. The normalized spacial score (nSPS) is 10.3. The molecule has 1 aromatic carbocycles. The number of halogens is 5. The number of hydrogen-bond donors (Lipinski definition) is 0. The third-order valence-electron chi connectivity index (χ3n) is 1.98. The van der Waals surface area contributed by atoms with Gasteiger partial charge >= 0.3 is 6.18 Å². The fourth-order valence-corrected chi connectivity index (χ4v) is 1.41. The number of allylic oxidation sites excluding steroid dienone is 1. The highest BCUT2D eigenvalue weighted by molar-refractivity contribution is 6.34. The molecule has 110 valence electrons. The van der Waals surface area contributed by atoms with E-state index in [-0.39, 0.29) is 6.42 Å². The van der Waals surface area contributed by atoms with Gasteiger partial charge in [-0.2, -0.15) is 13.2 Å². The summed E-state index contributed by atoms with van der Waals surface area (Å²) in [5.74, 6) is -3.04. The molecule has 0 aliphatic heterocycles. The van der Waals surface area contributed by atoms with Crippen molar-refractivity contribution in [3.05, 3.63) is 46.5 Å². The van der Waals surface area contributed by atoms with E-state index in [9.17, 15) is 22.8 Å². The first-order chi connectivity index (χ1) is 9.09. The van der Waals surface area contributed by atoms with E-state index in [0.29, 0.717) is 10.0 Å². The van der Waals surface area contributed by atoms with E-state index in [1.165, 1.54) is 6.92 Å². The van der Waals surface area contributed by atoms with Crippen LogP contribution in [0.2, 0.25) is 10.0 Å². The van der Waals surface area contributed by atoms with Gasteiger partial charge in [0.05, 0.1) is 5.57 Å². The summed E-state index contributed by atoms with van der Waals surface area (Å²) < 4.78 is 34.9. The molecule has 1 rings (SSSR count). The Kier molecular flexibility index (Phi) is 7.53. The number of ketones is 2. The van der Waals surface area contributed by atoms with Crippen molar-refractivity contribution in [1.29, 1.82) is 0 Å². The van der Waals surface area contributed by atoms with Crippen LogP contribution in [0.5, 0.6) is 0 Å². The minimum absolute atomic E-state index is 0.152. The Morgan fingerprint density at radius 3 is 1.90 bits per heavy atom. The number of Topliss-reactive ketones (excluding diaryl/α,β-unsaturated/α-hetero) is 2. The summed E-state index contributed by atoms with van der Waals surface area (Å²) in [7, 11) is 0. The van der Waals surface area contributed by atoms with Crippen LogP contribution < -0.4 is 0 Å². The number of carbonyl (C=O) groups excluding carboxylic acids is 2. The largest absolute Gasteiger partial charge is 0.454 e. The lowest BCUT2D eigenvalue weighted by Gasteiger charge is -2.05. The van der Waals surface area contributed by atoms with Gasteiger partial charge in [-0.15, -0.1) is 0 Å². The summed E-state index contributed by atoms with van der Waals surface area (Å²) in [6.45, 7) is 4.13. The Labute approximate surface area is 124 Å². The number of carbonyl (C=O) groups is 2. The van der Waals surface area contributed by atoms with Crippen molar-refractivity contribution in [2.24, 2.45) is 0 Å². The Bertz CT molecular complexity index is 493. The molecule has 2 nitrogen and oxygen atoms in total. The van der Waals surface area contributed by atoms with Gasteiger partial charge in [0.1, 0.15) is 0 Å². The molecule has 0 spiro atoms. The van der Waals surface area contributed by atoms with E-state index in [1.54, 1.807) is 18.2 Å². The van der Waals surface area contributed by atoms with Crippen LogP contribution in [-0.2, 0) is 9.59 Å². The predicted octanol–water partition coefficient (Wildman–Crippen LogP) is 4.65. The van der Waals surface area contributed by atoms with E-state index in [0.717, 1.165) is 0 Å². The fourth-order valence-electron chi connectivity index (χ4n) is 0.971. The molecular weight excluding hydrogens is 316 g/mol. The molecule has 0 aliphatic carbocycles. The quantitative estimate of drug-likeness (QED) is 0.460. The first-order valence-electron chi connectivity index (χ1n) is 5.34. The Morgan fingerprint density at radius 1 is 1.20 bits per heavy atom. The summed E-state index contributed by atoms with van der Waals surface area (Å²) in [6.07, 6.45) is -5.15. The van der Waals surface area contributed by atoms with Gasteiger partial charge in [-0.1, -0.05) is 42.8 Å². The molecule has 0 aliphatic rings. The molecule has 0 N–H and O–H groups in total. The lowest BCUT2D eigenvalue weighted by molar-refractivity contribution is -0.167. The van der Waals surface area contributed by atoms with Gasteiger partial charge in [0, 0.05) is 16.5 Å². The highest BCUT2D eigenvalue weighted by Gasteiger charge is 2.41. The highest BCUT2D eigenvalue weighted by Crippen LogP contribution is 2.20. The molecule has 0 bridgehead atoms. The van der Waals surface area contributed by atoms with E-state index >= 15 is 0 Å². The van der Waals surface area contributed by atoms with Crippen molar-refractivity contribution in [3.63, 3.8) is 0 Å². The topological polar surface area (TPSA) is 34.1 Å². The maximum absolute atomic E-state index is 11.6. The smallest absolute Gasteiger partial charge is 0.294 e. The van der Waals surface area contributed by atoms with Crippen LogP contribution in [-0.4, -0.2) is 17.7 Å². The zero-order valence-electron chi connectivity index (χ0n) is 10.4. The van der Waals surface area contributed by atoms with Crippen LogP contribution in [0.25, 0.3) is 0 Å². The third kappa shape index (κ3) is 6.73. The zero-order valence-corrected chi connectivity index (χ0v) is 11.9. The Hall–Kier alpha value is -1.33. The molecule has 0 unspecified atom stereocenters. The molecule has 0 aromatic heterocycles. The van der Waals surface area contributed by atoms with Crippen LogP contribution in [0, 0.1) is 0 Å². The van der Waals surface area contributed by atoms with Crippen molar-refractivity contribution in [3.8, 4) is 0 Å². The Morgan fingerprint density at radius 2 is 1.65 bits per heavy atom. The SMILES string of the molecule is C=C(C(=O)CC)C(=O)C(F)(F)F.Clc1cccc(Cl)c1. The average Bonchev–Trinajstić information content (AvgIpc) is 2.35. The summed E-state index contributed by atoms with van der Waals surface area (Å²) in [6, 6.07) is 7.08. The van der Waals surface area contributed by atoms with Crippen molar-refractivity contribution in [1.82, 2.24) is 0 Å². The molecule has 0 amide bonds. The molecular formula is C13H11Cl2F3O2. The second kappa shape index (κ2) is 8.07. The van der Waals surface area contributed by atoms with Gasteiger partial charge in [-0.3, -0.25) is 9.59 Å². The Balaban J connectivity index is 0.000000388. The maximum Gasteiger partial charge on any atom is 0.454 e. The highest BCUT2D eigenvalue weighted by atomic mass is 35.5. The zero-order chi connectivity index (χ0) is 15.9. The lowest BCUT2D eigenvalue weighted by atomic mass is 10.1. The first-order valence-corrected chi connectivity index (χ1v) is 6.09. The maximum atomic E-state index is 11.6. The number of rotatable bonds is 3. The summed E-state index contributed by atoms with van der Waals surface area (Å²) in [5.41, 5.74) is -0.995. The summed E-state index contributed by atoms with van der Waals surface area (Å²) in [4.78, 5) is 20.9. The van der Waals surface area contributed by atoms with E-state index in [1.807, 2.05) is 6.07 Å². The van der Waals surface area contributed by atoms with Crippen LogP contribution >= 0.6 is 23.2 Å². The molecule has 0 atom stereocenters. The van der Waals surface area contributed by atoms with Crippen LogP contribution in [0.4, 0.5) is 13.2 Å². The van der Waals surface area contributed by atoms with Crippen molar-refractivity contribution < 1.29 is 22.8 Å². The molecule has 0 fully saturated rings. The number of alkyl halides is 3. The predicted molar refractivity (Wildman–Crippen MR) is 72.0 cm³/mol. The molecule has 7 heteroatoms. The molecule has 0 heterocycles. The number of benzene rings is 1. The van der Waals surface area contributed by atoms with Gasteiger partial charge < -0.3 is 0 Å². The van der Waals surface area contributed by atoms with E-state index < -0.39 is 23.3 Å². The van der Waals surface area contributed by atoms with E-state index in [4.69, 9.17) is 23.2 Å². The van der Waals surface area contributed by atoms with Crippen molar-refractivity contribution in [2.45, 2.75) is 19.5 Å². The average molecular weight is 327 g/mol. The number of hydrogen-bond acceptors (Lipinski definition) is 2. The van der Waals surface area contributed by atoms with Crippen LogP contribution in [0.1, 0.15) is 13.3 Å². The van der Waals surface area contributed by atoms with Crippen LogP contribution in [0.15, 0.2) is 36.4 Å².